The van der Waals surface area contributed by atoms with Gasteiger partial charge in [0.2, 0.25) is 0 Å². The number of hydrogen-bond acceptors (Lipinski definition) is 4. The molecule has 3 rings (SSSR count). The molecule has 1 atom stereocenters. The van der Waals surface area contributed by atoms with Crippen LogP contribution >= 0.6 is 24.0 Å². The van der Waals surface area contributed by atoms with Gasteiger partial charge in [-0.3, -0.25) is 0 Å². The molecule has 1 aliphatic heterocycles. The van der Waals surface area contributed by atoms with Gasteiger partial charge in [-0.2, -0.15) is 0 Å². The highest BCUT2D eigenvalue weighted by atomic mass is 127. The molecule has 1 aromatic heterocycles. The van der Waals surface area contributed by atoms with Gasteiger partial charge in [0, 0.05) is 25.6 Å². The quantitative estimate of drug-likeness (QED) is 0.356. The summed E-state index contributed by atoms with van der Waals surface area (Å²) in [5.74, 6) is 2.83. The Kier molecular flexibility index (Phi) is 8.26. The van der Waals surface area contributed by atoms with Crippen molar-refractivity contribution < 1.29 is 9.13 Å². The van der Waals surface area contributed by atoms with E-state index in [0.717, 1.165) is 37.6 Å². The standard InChI is InChI=1S/C18H25FN6O.HI/c1-3-20-18(22-12-17-24-23-16-8-5-9-25(16)17)21-11-13(2)26-15-7-4-6-14(19)10-15;/h4,6-7,10,13H,3,5,8-9,11-12H2,1-2H3,(H2,20,21,22);1H. The van der Waals surface area contributed by atoms with Crippen LogP contribution in [0.2, 0.25) is 0 Å². The summed E-state index contributed by atoms with van der Waals surface area (Å²) in [6.45, 7) is 6.67. The van der Waals surface area contributed by atoms with E-state index in [-0.39, 0.29) is 35.9 Å². The van der Waals surface area contributed by atoms with E-state index in [4.69, 9.17) is 4.74 Å². The lowest BCUT2D eigenvalue weighted by Gasteiger charge is -2.17. The molecular formula is C18H26FIN6O. The molecule has 0 radical (unpaired) electrons. The normalized spacial score (nSPS) is 14.3. The van der Waals surface area contributed by atoms with Crippen molar-refractivity contribution >= 4 is 29.9 Å². The number of aliphatic imine (C=N–C) groups is 1. The van der Waals surface area contributed by atoms with Crippen LogP contribution in [-0.4, -0.2) is 39.9 Å². The Balaban J connectivity index is 0.00000261. The Labute approximate surface area is 175 Å². The number of nitrogens with one attached hydrogen (secondary N) is 2. The van der Waals surface area contributed by atoms with E-state index in [1.165, 1.54) is 12.1 Å². The van der Waals surface area contributed by atoms with Crippen molar-refractivity contribution in [1.82, 2.24) is 25.4 Å². The Morgan fingerprint density at radius 1 is 1.37 bits per heavy atom. The molecule has 1 unspecified atom stereocenters. The van der Waals surface area contributed by atoms with Crippen molar-refractivity contribution in [2.75, 3.05) is 13.1 Å². The largest absolute Gasteiger partial charge is 0.489 e. The first kappa shape index (κ1) is 21.4. The Morgan fingerprint density at radius 3 is 3.00 bits per heavy atom. The molecule has 2 heterocycles. The average molecular weight is 488 g/mol. The molecule has 9 heteroatoms. The molecule has 1 aromatic carbocycles. The first-order valence-electron chi connectivity index (χ1n) is 9.01. The van der Waals surface area contributed by atoms with Crippen molar-refractivity contribution in [1.29, 1.82) is 0 Å². The lowest BCUT2D eigenvalue weighted by Crippen LogP contribution is -2.41. The third kappa shape index (κ3) is 6.05. The number of fused-ring (bicyclic) bond motifs is 1. The van der Waals surface area contributed by atoms with Gasteiger partial charge in [0.1, 0.15) is 30.0 Å². The molecule has 0 saturated heterocycles. The highest BCUT2D eigenvalue weighted by molar-refractivity contribution is 14.0. The molecule has 0 bridgehead atoms. The zero-order chi connectivity index (χ0) is 18.4. The van der Waals surface area contributed by atoms with Crippen LogP contribution in [0.5, 0.6) is 5.75 Å². The van der Waals surface area contributed by atoms with E-state index in [1.54, 1.807) is 12.1 Å². The molecule has 2 aromatic rings. The van der Waals surface area contributed by atoms with Gasteiger partial charge in [-0.25, -0.2) is 9.38 Å². The lowest BCUT2D eigenvalue weighted by molar-refractivity contribution is 0.223. The van der Waals surface area contributed by atoms with Gasteiger partial charge in [-0.15, -0.1) is 34.2 Å². The van der Waals surface area contributed by atoms with Gasteiger partial charge >= 0.3 is 0 Å². The summed E-state index contributed by atoms with van der Waals surface area (Å²) in [7, 11) is 0. The maximum atomic E-state index is 13.2. The molecule has 148 valence electrons. The summed E-state index contributed by atoms with van der Waals surface area (Å²) in [5.41, 5.74) is 0. The van der Waals surface area contributed by atoms with Crippen LogP contribution < -0.4 is 15.4 Å². The fraction of sp³-hybridized carbons (Fsp3) is 0.500. The third-order valence-electron chi connectivity index (χ3n) is 4.10. The second-order valence-electron chi connectivity index (χ2n) is 6.25. The highest BCUT2D eigenvalue weighted by Crippen LogP contribution is 2.15. The summed E-state index contributed by atoms with van der Waals surface area (Å²) < 4.78 is 21.1. The summed E-state index contributed by atoms with van der Waals surface area (Å²) in [4.78, 5) is 4.58. The van der Waals surface area contributed by atoms with E-state index in [2.05, 4.69) is 30.4 Å². The van der Waals surface area contributed by atoms with E-state index in [1.807, 2.05) is 13.8 Å². The second kappa shape index (κ2) is 10.4. The van der Waals surface area contributed by atoms with Crippen molar-refractivity contribution in [3.8, 4) is 5.75 Å². The number of ether oxygens (including phenoxy) is 1. The van der Waals surface area contributed by atoms with Gasteiger partial charge in [-0.05, 0) is 32.4 Å². The van der Waals surface area contributed by atoms with Gasteiger partial charge in [0.05, 0.1) is 6.54 Å². The number of nitrogens with zero attached hydrogens (tertiary/aromatic N) is 4. The zero-order valence-electron chi connectivity index (χ0n) is 15.6. The number of aromatic nitrogens is 3. The van der Waals surface area contributed by atoms with E-state index in [0.29, 0.717) is 24.8 Å². The van der Waals surface area contributed by atoms with Crippen molar-refractivity contribution in [2.45, 2.75) is 45.9 Å². The topological polar surface area (TPSA) is 76.4 Å². The first-order chi connectivity index (χ1) is 12.7. The molecule has 27 heavy (non-hydrogen) atoms. The van der Waals surface area contributed by atoms with Crippen LogP contribution in [0.1, 0.15) is 31.9 Å². The molecular weight excluding hydrogens is 462 g/mol. The predicted molar refractivity (Wildman–Crippen MR) is 113 cm³/mol. The molecule has 2 N–H and O–H groups in total. The number of benzene rings is 1. The van der Waals surface area contributed by atoms with Crippen LogP contribution in [0.3, 0.4) is 0 Å². The predicted octanol–water partition coefficient (Wildman–Crippen LogP) is 2.50. The SMILES string of the molecule is CCNC(=NCc1nnc2n1CCC2)NCC(C)Oc1cccc(F)c1.I. The number of aryl methyl sites for hydroxylation is 1. The minimum Gasteiger partial charge on any atom is -0.489 e. The average Bonchev–Trinajstić information content (AvgIpc) is 3.21. The Morgan fingerprint density at radius 2 is 2.22 bits per heavy atom. The molecule has 7 nitrogen and oxygen atoms in total. The fourth-order valence-electron chi connectivity index (χ4n) is 2.87. The van der Waals surface area contributed by atoms with E-state index in [9.17, 15) is 4.39 Å². The third-order valence-corrected chi connectivity index (χ3v) is 4.10. The molecule has 0 spiro atoms. The van der Waals surface area contributed by atoms with Crippen molar-refractivity contribution in [3.05, 3.63) is 41.7 Å². The summed E-state index contributed by atoms with van der Waals surface area (Å²) in [5, 5.41) is 14.9. The lowest BCUT2D eigenvalue weighted by atomic mass is 10.3. The summed E-state index contributed by atoms with van der Waals surface area (Å²) in [6.07, 6.45) is 1.97. The minimum atomic E-state index is -0.307. The Bertz CT molecular complexity index is 766. The first-order valence-corrected chi connectivity index (χ1v) is 9.01. The molecule has 0 fully saturated rings. The summed E-state index contributed by atoms with van der Waals surface area (Å²) >= 11 is 0. The van der Waals surface area contributed by atoms with E-state index < -0.39 is 0 Å². The van der Waals surface area contributed by atoms with Crippen LogP contribution in [0.25, 0.3) is 0 Å². The fourth-order valence-corrected chi connectivity index (χ4v) is 2.87. The molecule has 0 saturated carbocycles. The number of halogens is 2. The number of rotatable bonds is 7. The summed E-state index contributed by atoms with van der Waals surface area (Å²) in [6, 6.07) is 6.15. The van der Waals surface area contributed by atoms with Crippen LogP contribution in [0.4, 0.5) is 4.39 Å². The van der Waals surface area contributed by atoms with Crippen LogP contribution in [0, 0.1) is 5.82 Å². The van der Waals surface area contributed by atoms with Crippen molar-refractivity contribution in [3.63, 3.8) is 0 Å². The minimum absolute atomic E-state index is 0. The number of hydrogen-bond donors (Lipinski definition) is 2. The molecule has 0 amide bonds. The van der Waals surface area contributed by atoms with Crippen LogP contribution in [0.15, 0.2) is 29.3 Å². The highest BCUT2D eigenvalue weighted by Gasteiger charge is 2.16. The zero-order valence-corrected chi connectivity index (χ0v) is 17.9. The van der Waals surface area contributed by atoms with Gasteiger partial charge in [-0.1, -0.05) is 6.07 Å². The number of guanidine groups is 1. The maximum Gasteiger partial charge on any atom is 0.191 e. The van der Waals surface area contributed by atoms with Crippen LogP contribution in [-0.2, 0) is 19.5 Å². The van der Waals surface area contributed by atoms with Crippen molar-refractivity contribution in [2.24, 2.45) is 4.99 Å². The monoisotopic (exact) mass is 488 g/mol. The van der Waals surface area contributed by atoms with Gasteiger partial charge in [0.15, 0.2) is 11.8 Å². The maximum absolute atomic E-state index is 13.2. The second-order valence-corrected chi connectivity index (χ2v) is 6.25. The Hall–Kier alpha value is -1.91. The molecule has 1 aliphatic rings. The van der Waals surface area contributed by atoms with Gasteiger partial charge < -0.3 is 19.9 Å². The smallest absolute Gasteiger partial charge is 0.191 e. The van der Waals surface area contributed by atoms with Gasteiger partial charge in [0.25, 0.3) is 0 Å². The van der Waals surface area contributed by atoms with E-state index >= 15 is 0 Å². The molecule has 0 aliphatic carbocycles.